The molecule has 0 spiro atoms. The maximum Gasteiger partial charge on any atom is 0.674 e. The third-order valence-corrected chi connectivity index (χ3v) is 2.61. The van der Waals surface area contributed by atoms with E-state index in [1.807, 2.05) is 6.92 Å². The Kier molecular flexibility index (Phi) is 19.9. The van der Waals surface area contributed by atoms with Crippen LogP contribution in [0.25, 0.3) is 5.53 Å². The van der Waals surface area contributed by atoms with Crippen LogP contribution in [-0.4, -0.2) is 85.4 Å². The lowest BCUT2D eigenvalue weighted by Gasteiger charge is -1.98. The van der Waals surface area contributed by atoms with Gasteiger partial charge in [0.25, 0.3) is 5.69 Å². The van der Waals surface area contributed by atoms with Gasteiger partial charge in [-0.2, -0.15) is 0 Å². The van der Waals surface area contributed by atoms with Gasteiger partial charge in [0.1, 0.15) is 0 Å². The molecule has 182 valence electrons. The molecule has 1 aromatic rings. The number of nitro groups is 1. The van der Waals surface area contributed by atoms with E-state index in [1.54, 1.807) is 6.92 Å². The van der Waals surface area contributed by atoms with E-state index in [1.165, 1.54) is 6.07 Å². The van der Waals surface area contributed by atoms with E-state index in [9.17, 15) is 27.4 Å². The Balaban J connectivity index is -0.000000462. The number of benzene rings is 1. The fourth-order valence-corrected chi connectivity index (χ4v) is 1.85. The van der Waals surface area contributed by atoms with Crippen molar-refractivity contribution in [3.05, 3.63) is 43.6 Å². The molecule has 0 unspecified atom stereocenters. The summed E-state index contributed by atoms with van der Waals surface area (Å²) in [6.07, 6.45) is 0.469. The SMILES string of the molecule is CCc1c([N+](=O)[O-])cc(C)c2c1=NC(=[N+]=[N-])N=2.OB(O)F.OB(O)F.OB(O)F.OB(O)F. The highest BCUT2D eigenvalue weighted by atomic mass is 19.1. The van der Waals surface area contributed by atoms with Crippen molar-refractivity contribution < 1.29 is 67.2 Å². The monoisotopic (exact) mass is 487 g/mol. The molecule has 15 nitrogen and oxygen atoms in total. The summed E-state index contributed by atoms with van der Waals surface area (Å²) in [7, 11) is -10.7. The maximum absolute atomic E-state index is 10.9. The molecular weight excluding hydrogens is 469 g/mol. The van der Waals surface area contributed by atoms with Crippen LogP contribution >= 0.6 is 0 Å². The quantitative estimate of drug-likeness (QED) is 0.0501. The number of fused-ring (bicyclic) bond motifs is 1. The standard InChI is InChI=1S/C10H9N5O2.4BFH2O2/c1-3-6-7(15(16)17)4-5(2)8-9(6)13-10(12-8)14-11;4*2-1(3)4/h4H,3H2,1-2H3;4*3-4H. The predicted molar refractivity (Wildman–Crippen MR) is 103 cm³/mol. The molecule has 1 aliphatic rings. The Hall–Kier alpha value is -2.74. The summed E-state index contributed by atoms with van der Waals surface area (Å²) in [5, 5.41) is 67.5. The van der Waals surface area contributed by atoms with Crippen LogP contribution in [0.1, 0.15) is 18.1 Å². The van der Waals surface area contributed by atoms with Crippen molar-refractivity contribution in [3.8, 4) is 0 Å². The lowest BCUT2D eigenvalue weighted by Crippen LogP contribution is -2.29. The van der Waals surface area contributed by atoms with Gasteiger partial charge in [0.15, 0.2) is 10.7 Å². The van der Waals surface area contributed by atoms with Crippen LogP contribution in [0.15, 0.2) is 16.1 Å². The Morgan fingerprint density at radius 2 is 1.27 bits per heavy atom. The molecule has 2 rings (SSSR count). The van der Waals surface area contributed by atoms with E-state index in [2.05, 4.69) is 14.8 Å². The number of guanidine groups is 1. The van der Waals surface area contributed by atoms with Crippen LogP contribution in [0.4, 0.5) is 23.0 Å². The van der Waals surface area contributed by atoms with Gasteiger partial charge in [0.2, 0.25) is 0 Å². The zero-order valence-electron chi connectivity index (χ0n) is 16.7. The summed E-state index contributed by atoms with van der Waals surface area (Å²) in [4.78, 5) is 21.4. The normalized spacial score (nSPS) is 9.70. The summed E-state index contributed by atoms with van der Waals surface area (Å²) in [5.74, 6) is -0.0710. The van der Waals surface area contributed by atoms with Crippen molar-refractivity contribution in [3.63, 3.8) is 0 Å². The van der Waals surface area contributed by atoms with Gasteiger partial charge in [-0.25, -0.2) is 0 Å². The molecule has 1 aromatic carbocycles. The summed E-state index contributed by atoms with van der Waals surface area (Å²) < 4.78 is 40.4. The van der Waals surface area contributed by atoms with Gasteiger partial charge in [-0.05, 0) is 13.3 Å². The van der Waals surface area contributed by atoms with Gasteiger partial charge in [0.05, 0.1) is 10.5 Å². The average molecular weight is 487 g/mol. The zero-order chi connectivity index (χ0) is 26.9. The average Bonchev–Trinajstić information content (AvgIpc) is 3.04. The van der Waals surface area contributed by atoms with Gasteiger partial charge in [-0.3, -0.25) is 27.4 Å². The Morgan fingerprint density at radius 3 is 1.55 bits per heavy atom. The van der Waals surface area contributed by atoms with Crippen molar-refractivity contribution in [2.24, 2.45) is 9.98 Å². The molecule has 0 bridgehead atoms. The van der Waals surface area contributed by atoms with Crippen molar-refractivity contribution in [2.45, 2.75) is 20.3 Å². The molecule has 1 aliphatic heterocycles. The Morgan fingerprint density at radius 1 is 0.939 bits per heavy atom. The Bertz CT molecular complexity index is 872. The van der Waals surface area contributed by atoms with E-state index in [0.717, 1.165) is 0 Å². The highest BCUT2D eigenvalue weighted by molar-refractivity contribution is 6.32. The topological polar surface area (TPSA) is 266 Å². The van der Waals surface area contributed by atoms with E-state index >= 15 is 0 Å². The minimum Gasteiger partial charge on any atom is -0.542 e. The lowest BCUT2D eigenvalue weighted by atomic mass is 10.1. The second-order valence-electron chi connectivity index (χ2n) is 4.87. The molecule has 33 heavy (non-hydrogen) atoms. The molecule has 0 amide bonds. The molecule has 0 fully saturated rings. The lowest BCUT2D eigenvalue weighted by molar-refractivity contribution is -0.385. The Labute approximate surface area is 183 Å². The van der Waals surface area contributed by atoms with Crippen molar-refractivity contribution in [2.75, 3.05) is 0 Å². The molecule has 0 atom stereocenters. The molecular formula is C10H17B4F4N5O10. The molecule has 23 heteroatoms. The third kappa shape index (κ3) is 19.7. The van der Waals surface area contributed by atoms with Crippen molar-refractivity contribution >= 4 is 41.2 Å². The van der Waals surface area contributed by atoms with Crippen molar-refractivity contribution in [1.29, 1.82) is 0 Å². The second-order valence-corrected chi connectivity index (χ2v) is 4.87. The smallest absolute Gasteiger partial charge is 0.542 e. The van der Waals surface area contributed by atoms with E-state index in [4.69, 9.17) is 45.7 Å². The van der Waals surface area contributed by atoms with Crippen LogP contribution in [0, 0.1) is 17.0 Å². The van der Waals surface area contributed by atoms with E-state index < -0.39 is 34.5 Å². The molecule has 0 saturated carbocycles. The molecule has 0 aromatic heterocycles. The highest BCUT2D eigenvalue weighted by Crippen LogP contribution is 2.15. The van der Waals surface area contributed by atoms with Crippen LogP contribution < -0.4 is 10.7 Å². The number of hydrogen-bond donors (Lipinski definition) is 8. The van der Waals surface area contributed by atoms with Crippen LogP contribution in [0.2, 0.25) is 0 Å². The minimum absolute atomic E-state index is 0.0295. The zero-order valence-corrected chi connectivity index (χ0v) is 16.7. The van der Waals surface area contributed by atoms with Gasteiger partial charge in [-0.1, -0.05) is 16.9 Å². The van der Waals surface area contributed by atoms with Crippen LogP contribution in [-0.2, 0) is 6.42 Å². The predicted octanol–water partition coefficient (Wildman–Crippen LogP) is -3.99. The number of aryl methyl sites for hydroxylation is 1. The van der Waals surface area contributed by atoms with Crippen molar-refractivity contribution in [1.82, 2.24) is 0 Å². The fourth-order valence-electron chi connectivity index (χ4n) is 1.85. The van der Waals surface area contributed by atoms with Gasteiger partial charge in [0, 0.05) is 11.6 Å². The van der Waals surface area contributed by atoms with Gasteiger partial charge >= 0.3 is 35.5 Å². The van der Waals surface area contributed by atoms with E-state index in [0.29, 0.717) is 28.3 Å². The largest absolute Gasteiger partial charge is 0.674 e. The maximum atomic E-state index is 10.9. The molecule has 0 radical (unpaired) electrons. The third-order valence-electron chi connectivity index (χ3n) is 2.61. The number of rotatable bonds is 2. The number of nitrogens with zero attached hydrogens (tertiary/aromatic N) is 5. The van der Waals surface area contributed by atoms with Gasteiger partial charge < -0.3 is 50.5 Å². The molecule has 0 aliphatic carbocycles. The molecule has 0 saturated heterocycles. The number of hydrogen-bond acceptors (Lipinski definition) is 10. The van der Waals surface area contributed by atoms with Crippen LogP contribution in [0.3, 0.4) is 0 Å². The molecule has 1 heterocycles. The summed E-state index contributed by atoms with van der Waals surface area (Å²) >= 11 is 0. The first-order valence-corrected chi connectivity index (χ1v) is 7.98. The number of halogens is 4. The van der Waals surface area contributed by atoms with Crippen LogP contribution in [0.5, 0.6) is 0 Å². The van der Waals surface area contributed by atoms with E-state index in [-0.39, 0.29) is 11.6 Å². The minimum atomic E-state index is -2.67. The highest BCUT2D eigenvalue weighted by Gasteiger charge is 2.25. The van der Waals surface area contributed by atoms with Gasteiger partial charge in [-0.15, -0.1) is 0 Å². The first-order chi connectivity index (χ1) is 15.0. The second kappa shape index (κ2) is 18.8. The summed E-state index contributed by atoms with van der Waals surface area (Å²) in [6, 6.07) is 1.47. The summed E-state index contributed by atoms with van der Waals surface area (Å²) in [6.45, 7) is 3.52. The first kappa shape index (κ1) is 34.9. The molecule has 8 N–H and O–H groups in total. The first-order valence-electron chi connectivity index (χ1n) is 7.98. The summed E-state index contributed by atoms with van der Waals surface area (Å²) in [5.41, 5.74) is 9.82. The fraction of sp³-hybridized carbons (Fsp3) is 0.300. The number of nitro benzene ring substituents is 1.